The van der Waals surface area contributed by atoms with E-state index < -0.39 is 0 Å². The lowest BCUT2D eigenvalue weighted by Gasteiger charge is -2.34. The third-order valence-electron chi connectivity index (χ3n) is 7.68. The smallest absolute Gasteiger partial charge is 0.228 e. The van der Waals surface area contributed by atoms with Crippen molar-refractivity contribution in [2.24, 2.45) is 5.92 Å². The first-order chi connectivity index (χ1) is 18.9. The first-order valence-electron chi connectivity index (χ1n) is 13.4. The Hall–Kier alpha value is -2.82. The molecule has 0 aliphatic heterocycles. The number of nitriles is 1. The molecule has 0 radical (unpaired) electrons. The summed E-state index contributed by atoms with van der Waals surface area (Å²) in [6.45, 7) is 5.31. The van der Waals surface area contributed by atoms with E-state index in [-0.39, 0.29) is 17.9 Å². The van der Waals surface area contributed by atoms with Gasteiger partial charge in [0, 0.05) is 38.8 Å². The van der Waals surface area contributed by atoms with Crippen LogP contribution in [0.2, 0.25) is 10.0 Å². The zero-order valence-electron chi connectivity index (χ0n) is 22.1. The molecule has 0 saturated carbocycles. The second-order valence-corrected chi connectivity index (χ2v) is 12.1. The van der Waals surface area contributed by atoms with Crippen molar-refractivity contribution in [1.29, 1.82) is 5.26 Å². The fraction of sp³-hybridized carbons (Fsp3) is 0.355. The van der Waals surface area contributed by atoms with E-state index in [4.69, 9.17) is 27.6 Å². The van der Waals surface area contributed by atoms with Crippen LogP contribution in [-0.2, 0) is 30.7 Å². The zero-order chi connectivity index (χ0) is 27.5. The number of nitrogens with zero attached hydrogens (tertiary/aromatic N) is 2. The molecule has 4 aromatic rings. The van der Waals surface area contributed by atoms with Gasteiger partial charge in [-0.15, -0.1) is 11.3 Å². The van der Waals surface area contributed by atoms with Crippen LogP contribution in [0.3, 0.4) is 0 Å². The number of carbonyl (C=O) groups is 1. The summed E-state index contributed by atoms with van der Waals surface area (Å²) in [6.07, 6.45) is 4.03. The summed E-state index contributed by atoms with van der Waals surface area (Å²) in [6, 6.07) is 18.4. The van der Waals surface area contributed by atoms with Gasteiger partial charge in [0.05, 0.1) is 12.1 Å². The molecule has 39 heavy (non-hydrogen) atoms. The summed E-state index contributed by atoms with van der Waals surface area (Å²) in [5.41, 5.74) is 3.58. The molecular formula is C31H31Cl2N3O2S. The molecule has 1 N–H and O–H groups in total. The van der Waals surface area contributed by atoms with Crippen LogP contribution in [-0.4, -0.2) is 16.8 Å². The largest absolute Gasteiger partial charge is 0.460 e. The first kappa shape index (κ1) is 27.7. The highest BCUT2D eigenvalue weighted by molar-refractivity contribution is 7.16. The Labute approximate surface area is 243 Å². The highest BCUT2D eigenvalue weighted by Crippen LogP contribution is 2.40. The average molecular weight is 581 g/mol. The van der Waals surface area contributed by atoms with Crippen molar-refractivity contribution >= 4 is 56.4 Å². The summed E-state index contributed by atoms with van der Waals surface area (Å²) in [7, 11) is 0. The van der Waals surface area contributed by atoms with Crippen molar-refractivity contribution < 1.29 is 9.21 Å². The minimum atomic E-state index is -0.0492. The monoisotopic (exact) mass is 579 g/mol. The number of para-hydroxylation sites is 1. The maximum Gasteiger partial charge on any atom is 0.228 e. The molecule has 0 saturated heterocycles. The number of carbonyl (C=O) groups excluding carboxylic acids is 1. The van der Waals surface area contributed by atoms with Gasteiger partial charge in [0.25, 0.3) is 0 Å². The molecule has 5 rings (SSSR count). The maximum absolute atomic E-state index is 12.8. The molecule has 1 unspecified atom stereocenters. The Morgan fingerprint density at radius 3 is 2.69 bits per heavy atom. The van der Waals surface area contributed by atoms with Gasteiger partial charge in [-0.2, -0.15) is 5.26 Å². The lowest BCUT2D eigenvalue weighted by molar-refractivity contribution is -0.120. The number of hydrogen-bond donors (Lipinski definition) is 1. The maximum atomic E-state index is 12.8. The van der Waals surface area contributed by atoms with E-state index in [0.717, 1.165) is 60.0 Å². The number of thiophene rings is 1. The normalized spacial score (nSPS) is 15.1. The van der Waals surface area contributed by atoms with E-state index in [2.05, 4.69) is 28.4 Å². The predicted octanol–water partition coefficient (Wildman–Crippen LogP) is 8.61. The summed E-state index contributed by atoms with van der Waals surface area (Å²) in [5.74, 6) is 0.844. The SMILES string of the molecule is CCC(CC)C(=O)Nc1sc2c(c1C#N)CCC(N(Cc1cc3ccccc3o1)Cc1ccc(Cl)cc1Cl)C2. The summed E-state index contributed by atoms with van der Waals surface area (Å²) in [4.78, 5) is 16.4. The number of benzene rings is 2. The molecular weight excluding hydrogens is 549 g/mol. The molecule has 8 heteroatoms. The minimum absolute atomic E-state index is 0.00413. The molecule has 2 aromatic carbocycles. The third-order valence-corrected chi connectivity index (χ3v) is 9.44. The molecule has 0 fully saturated rings. The second-order valence-electron chi connectivity index (χ2n) is 10.1. The standard InChI is InChI=1S/C31H31Cl2N3O2S/c1-3-19(4-2)30(37)35-31-26(16-34)25-12-11-23(15-29(25)39-31)36(17-21-9-10-22(32)14-27(21)33)18-24-13-20-7-5-6-8-28(20)38-24/h5-10,13-14,19,23H,3-4,11-12,15,17-18H2,1-2H3,(H,35,37). The van der Waals surface area contributed by atoms with Crippen molar-refractivity contribution in [1.82, 2.24) is 4.90 Å². The van der Waals surface area contributed by atoms with Crippen LogP contribution in [0.4, 0.5) is 5.00 Å². The summed E-state index contributed by atoms with van der Waals surface area (Å²) in [5, 5.41) is 16.1. The number of nitrogens with one attached hydrogen (secondary N) is 1. The Morgan fingerprint density at radius 1 is 1.18 bits per heavy atom. The van der Waals surface area contributed by atoms with Crippen molar-refractivity contribution in [3.05, 3.63) is 85.9 Å². The Kier molecular flexibility index (Phi) is 8.64. The Bertz CT molecular complexity index is 1500. The number of furan rings is 1. The van der Waals surface area contributed by atoms with Crippen molar-refractivity contribution in [3.63, 3.8) is 0 Å². The van der Waals surface area contributed by atoms with Crippen LogP contribution in [0.1, 0.15) is 60.4 Å². The third kappa shape index (κ3) is 6.02. The first-order valence-corrected chi connectivity index (χ1v) is 15.0. The summed E-state index contributed by atoms with van der Waals surface area (Å²) < 4.78 is 6.19. The number of hydrogen-bond acceptors (Lipinski definition) is 5. The van der Waals surface area contributed by atoms with Gasteiger partial charge in [-0.1, -0.05) is 61.3 Å². The molecule has 1 aliphatic rings. The van der Waals surface area contributed by atoms with E-state index in [0.29, 0.717) is 33.7 Å². The Balaban J connectivity index is 1.43. The van der Waals surface area contributed by atoms with Crippen LogP contribution >= 0.6 is 34.5 Å². The fourth-order valence-corrected chi connectivity index (χ4v) is 7.20. The van der Waals surface area contributed by atoms with Crippen LogP contribution in [0, 0.1) is 17.2 Å². The van der Waals surface area contributed by atoms with Gasteiger partial charge in [0.1, 0.15) is 22.4 Å². The van der Waals surface area contributed by atoms with Gasteiger partial charge >= 0.3 is 0 Å². The van der Waals surface area contributed by atoms with Gasteiger partial charge in [-0.05, 0) is 67.5 Å². The van der Waals surface area contributed by atoms with Crippen LogP contribution < -0.4 is 5.32 Å². The molecule has 0 spiro atoms. The predicted molar refractivity (Wildman–Crippen MR) is 159 cm³/mol. The van der Waals surface area contributed by atoms with Gasteiger partial charge in [0.15, 0.2) is 0 Å². The summed E-state index contributed by atoms with van der Waals surface area (Å²) >= 11 is 14.3. The zero-order valence-corrected chi connectivity index (χ0v) is 24.4. The van der Waals surface area contributed by atoms with Gasteiger partial charge in [-0.25, -0.2) is 0 Å². The number of amides is 1. The second kappa shape index (κ2) is 12.1. The van der Waals surface area contributed by atoms with Crippen LogP contribution in [0.15, 0.2) is 52.9 Å². The minimum Gasteiger partial charge on any atom is -0.460 e. The molecule has 2 aromatic heterocycles. The topological polar surface area (TPSA) is 69.3 Å². The van der Waals surface area contributed by atoms with E-state index in [1.54, 1.807) is 17.4 Å². The van der Waals surface area contributed by atoms with Gasteiger partial charge < -0.3 is 9.73 Å². The van der Waals surface area contributed by atoms with E-state index >= 15 is 0 Å². The quantitative estimate of drug-likeness (QED) is 0.215. The molecule has 0 bridgehead atoms. The highest BCUT2D eigenvalue weighted by Gasteiger charge is 2.31. The number of fused-ring (bicyclic) bond motifs is 2. The van der Waals surface area contributed by atoms with Gasteiger partial charge in [0.2, 0.25) is 5.91 Å². The van der Waals surface area contributed by atoms with Crippen LogP contribution in [0.5, 0.6) is 0 Å². The average Bonchev–Trinajstić information content (AvgIpc) is 3.49. The molecule has 1 atom stereocenters. The lowest BCUT2D eigenvalue weighted by atomic mass is 9.90. The van der Waals surface area contributed by atoms with Gasteiger partial charge in [-0.3, -0.25) is 9.69 Å². The molecule has 202 valence electrons. The van der Waals surface area contributed by atoms with E-state index in [9.17, 15) is 10.1 Å². The van der Waals surface area contributed by atoms with Crippen molar-refractivity contribution in [2.75, 3.05) is 5.32 Å². The highest BCUT2D eigenvalue weighted by atomic mass is 35.5. The van der Waals surface area contributed by atoms with Crippen LogP contribution in [0.25, 0.3) is 11.0 Å². The number of anilines is 1. The Morgan fingerprint density at radius 2 is 1.97 bits per heavy atom. The molecule has 1 amide bonds. The van der Waals surface area contributed by atoms with E-state index in [1.807, 2.05) is 44.2 Å². The lowest BCUT2D eigenvalue weighted by Crippen LogP contribution is -2.38. The number of rotatable bonds is 9. The molecule has 5 nitrogen and oxygen atoms in total. The van der Waals surface area contributed by atoms with Crippen molar-refractivity contribution in [3.8, 4) is 6.07 Å². The van der Waals surface area contributed by atoms with Crippen molar-refractivity contribution in [2.45, 2.75) is 65.1 Å². The molecule has 2 heterocycles. The number of halogens is 2. The fourth-order valence-electron chi connectivity index (χ4n) is 5.46. The van der Waals surface area contributed by atoms with E-state index in [1.165, 1.54) is 4.88 Å². The molecule has 1 aliphatic carbocycles.